The molecule has 0 amide bonds. The molecular formula is C14H17ClN2O. The van der Waals surface area contributed by atoms with Crippen molar-refractivity contribution < 1.29 is 4.74 Å². The van der Waals surface area contributed by atoms with Crippen LogP contribution in [0.1, 0.15) is 16.8 Å². The van der Waals surface area contributed by atoms with Gasteiger partial charge in [-0.3, -0.25) is 4.68 Å². The molecule has 0 N–H and O–H groups in total. The van der Waals surface area contributed by atoms with E-state index in [0.717, 1.165) is 23.4 Å². The van der Waals surface area contributed by atoms with E-state index in [2.05, 4.69) is 18.1 Å². The fourth-order valence-electron chi connectivity index (χ4n) is 1.87. The van der Waals surface area contributed by atoms with E-state index in [1.807, 2.05) is 29.9 Å². The van der Waals surface area contributed by atoms with Crippen molar-refractivity contribution >= 4 is 11.6 Å². The number of ether oxygens (including phenoxy) is 1. The molecular weight excluding hydrogens is 248 g/mol. The van der Waals surface area contributed by atoms with Crippen LogP contribution in [0, 0.1) is 6.92 Å². The molecule has 0 saturated heterocycles. The topological polar surface area (TPSA) is 27.1 Å². The van der Waals surface area contributed by atoms with Crippen molar-refractivity contribution in [2.75, 3.05) is 6.61 Å². The van der Waals surface area contributed by atoms with Crippen LogP contribution in [0.25, 0.3) is 0 Å². The predicted molar refractivity (Wildman–Crippen MR) is 73.1 cm³/mol. The summed E-state index contributed by atoms with van der Waals surface area (Å²) in [4.78, 5) is 0. The van der Waals surface area contributed by atoms with Crippen LogP contribution in [0.5, 0.6) is 5.75 Å². The lowest BCUT2D eigenvalue weighted by molar-refractivity contribution is 0.316. The Bertz CT molecular complexity index is 522. The predicted octanol–water partition coefficient (Wildman–Crippen LogP) is 3.09. The molecule has 1 heterocycles. The molecule has 0 aliphatic rings. The van der Waals surface area contributed by atoms with Crippen molar-refractivity contribution in [3.63, 3.8) is 0 Å². The first-order valence-corrected chi connectivity index (χ1v) is 6.49. The van der Waals surface area contributed by atoms with Gasteiger partial charge in [0.15, 0.2) is 0 Å². The third kappa shape index (κ3) is 3.05. The van der Waals surface area contributed by atoms with Crippen LogP contribution in [0.4, 0.5) is 0 Å². The minimum atomic E-state index is 0.475. The van der Waals surface area contributed by atoms with E-state index < -0.39 is 0 Å². The first-order chi connectivity index (χ1) is 8.70. The smallest absolute Gasteiger partial charge is 0.123 e. The number of nitrogens with zero attached hydrogens (tertiary/aromatic N) is 2. The van der Waals surface area contributed by atoms with Gasteiger partial charge in [0.05, 0.1) is 12.5 Å². The number of aryl methyl sites for hydroxylation is 2. The van der Waals surface area contributed by atoms with Crippen LogP contribution in [-0.4, -0.2) is 16.4 Å². The zero-order chi connectivity index (χ0) is 13.0. The van der Waals surface area contributed by atoms with Gasteiger partial charge in [-0.15, -0.1) is 11.6 Å². The molecule has 96 valence electrons. The van der Waals surface area contributed by atoms with Gasteiger partial charge in [0.1, 0.15) is 5.75 Å². The molecule has 0 spiro atoms. The van der Waals surface area contributed by atoms with Crippen molar-refractivity contribution in [3.05, 3.63) is 47.3 Å². The highest BCUT2D eigenvalue weighted by atomic mass is 35.5. The maximum absolute atomic E-state index is 5.91. The largest absolute Gasteiger partial charge is 0.493 e. The molecule has 1 aromatic carbocycles. The Kier molecular flexibility index (Phi) is 4.26. The molecule has 0 aliphatic heterocycles. The molecule has 0 aliphatic carbocycles. The SMILES string of the molecule is Cc1ccc(OCCc2ccnn2C)c(CCl)c1. The zero-order valence-corrected chi connectivity index (χ0v) is 11.4. The molecule has 3 nitrogen and oxygen atoms in total. The van der Waals surface area contributed by atoms with Crippen LogP contribution in [-0.2, 0) is 19.3 Å². The Balaban J connectivity index is 1.96. The van der Waals surface area contributed by atoms with Crippen LogP contribution in [0.3, 0.4) is 0 Å². The molecule has 2 aromatic rings. The number of aromatic nitrogens is 2. The summed E-state index contributed by atoms with van der Waals surface area (Å²) in [5.74, 6) is 1.35. The van der Waals surface area contributed by atoms with Gasteiger partial charge >= 0.3 is 0 Å². The highest BCUT2D eigenvalue weighted by Crippen LogP contribution is 2.22. The Morgan fingerprint density at radius 3 is 2.83 bits per heavy atom. The quantitative estimate of drug-likeness (QED) is 0.776. The van der Waals surface area contributed by atoms with Crippen molar-refractivity contribution in [2.45, 2.75) is 19.2 Å². The standard InChI is InChI=1S/C14H17ClN2O/c1-11-3-4-14(12(9-11)10-15)18-8-6-13-5-7-16-17(13)2/h3-5,7,9H,6,8,10H2,1-2H3. The van der Waals surface area contributed by atoms with E-state index in [4.69, 9.17) is 16.3 Å². The van der Waals surface area contributed by atoms with Crippen LogP contribution < -0.4 is 4.74 Å². The summed E-state index contributed by atoms with van der Waals surface area (Å²) in [7, 11) is 1.94. The average Bonchev–Trinajstić information content (AvgIpc) is 2.77. The number of hydrogen-bond acceptors (Lipinski definition) is 2. The maximum Gasteiger partial charge on any atom is 0.123 e. The second kappa shape index (κ2) is 5.91. The molecule has 18 heavy (non-hydrogen) atoms. The third-order valence-electron chi connectivity index (χ3n) is 2.90. The zero-order valence-electron chi connectivity index (χ0n) is 10.7. The lowest BCUT2D eigenvalue weighted by atomic mass is 10.1. The van der Waals surface area contributed by atoms with Gasteiger partial charge in [0.25, 0.3) is 0 Å². The van der Waals surface area contributed by atoms with Gasteiger partial charge in [-0.2, -0.15) is 5.10 Å². The van der Waals surface area contributed by atoms with Crippen LogP contribution >= 0.6 is 11.6 Å². The number of halogens is 1. The van der Waals surface area contributed by atoms with Crippen molar-refractivity contribution in [3.8, 4) is 5.75 Å². The normalized spacial score (nSPS) is 10.6. The number of rotatable bonds is 5. The first kappa shape index (κ1) is 13.0. The summed E-state index contributed by atoms with van der Waals surface area (Å²) >= 11 is 5.91. The van der Waals surface area contributed by atoms with Crippen molar-refractivity contribution in [2.24, 2.45) is 7.05 Å². The Morgan fingerprint density at radius 1 is 1.33 bits per heavy atom. The van der Waals surface area contributed by atoms with Gasteiger partial charge in [-0.25, -0.2) is 0 Å². The molecule has 0 unspecified atom stereocenters. The summed E-state index contributed by atoms with van der Waals surface area (Å²) in [6.07, 6.45) is 2.64. The fraction of sp³-hybridized carbons (Fsp3) is 0.357. The highest BCUT2D eigenvalue weighted by molar-refractivity contribution is 6.17. The number of alkyl halides is 1. The van der Waals surface area contributed by atoms with Gasteiger partial charge in [0, 0.05) is 30.9 Å². The summed E-state index contributed by atoms with van der Waals surface area (Å²) in [5, 5.41) is 4.13. The fourth-order valence-corrected chi connectivity index (χ4v) is 2.07. The molecule has 0 saturated carbocycles. The number of benzene rings is 1. The lowest BCUT2D eigenvalue weighted by Crippen LogP contribution is -2.06. The minimum absolute atomic E-state index is 0.475. The molecule has 2 rings (SSSR count). The number of hydrogen-bond donors (Lipinski definition) is 0. The molecule has 0 fully saturated rings. The van der Waals surface area contributed by atoms with Crippen molar-refractivity contribution in [1.82, 2.24) is 9.78 Å². The van der Waals surface area contributed by atoms with E-state index in [0.29, 0.717) is 12.5 Å². The highest BCUT2D eigenvalue weighted by Gasteiger charge is 2.04. The Labute approximate surface area is 112 Å². The molecule has 4 heteroatoms. The lowest BCUT2D eigenvalue weighted by Gasteiger charge is -2.10. The minimum Gasteiger partial charge on any atom is -0.493 e. The maximum atomic E-state index is 5.91. The van der Waals surface area contributed by atoms with E-state index in [1.165, 1.54) is 5.56 Å². The summed E-state index contributed by atoms with van der Waals surface area (Å²) in [6, 6.07) is 8.08. The Morgan fingerprint density at radius 2 is 2.17 bits per heavy atom. The molecule has 1 aromatic heterocycles. The average molecular weight is 265 g/mol. The molecule has 0 atom stereocenters. The van der Waals surface area contributed by atoms with Crippen molar-refractivity contribution in [1.29, 1.82) is 0 Å². The van der Waals surface area contributed by atoms with E-state index in [1.54, 1.807) is 6.20 Å². The monoisotopic (exact) mass is 264 g/mol. The van der Waals surface area contributed by atoms with Gasteiger partial charge in [-0.1, -0.05) is 17.7 Å². The summed E-state index contributed by atoms with van der Waals surface area (Å²) in [5.41, 5.74) is 3.40. The second-order valence-corrected chi connectivity index (χ2v) is 4.56. The molecule has 0 radical (unpaired) electrons. The van der Waals surface area contributed by atoms with E-state index >= 15 is 0 Å². The van der Waals surface area contributed by atoms with E-state index in [9.17, 15) is 0 Å². The van der Waals surface area contributed by atoms with Crippen LogP contribution in [0.15, 0.2) is 30.5 Å². The summed E-state index contributed by atoms with van der Waals surface area (Å²) < 4.78 is 7.65. The van der Waals surface area contributed by atoms with E-state index in [-0.39, 0.29) is 0 Å². The van der Waals surface area contributed by atoms with Gasteiger partial charge in [0.2, 0.25) is 0 Å². The third-order valence-corrected chi connectivity index (χ3v) is 3.19. The summed E-state index contributed by atoms with van der Waals surface area (Å²) in [6.45, 7) is 2.68. The van der Waals surface area contributed by atoms with Gasteiger partial charge < -0.3 is 4.74 Å². The second-order valence-electron chi connectivity index (χ2n) is 4.29. The molecule has 0 bridgehead atoms. The first-order valence-electron chi connectivity index (χ1n) is 5.96. The Hall–Kier alpha value is -1.48. The van der Waals surface area contributed by atoms with Gasteiger partial charge in [-0.05, 0) is 19.1 Å². The van der Waals surface area contributed by atoms with Crippen LogP contribution in [0.2, 0.25) is 0 Å².